The van der Waals surface area contributed by atoms with Crippen molar-refractivity contribution in [2.75, 3.05) is 0 Å². The number of fused-ring (bicyclic) bond motifs is 10. The van der Waals surface area contributed by atoms with Gasteiger partial charge in [0.1, 0.15) is 0 Å². The van der Waals surface area contributed by atoms with Crippen molar-refractivity contribution >= 4 is 60.0 Å². The largest absolute Gasteiger partial charge is 0.307 e. The van der Waals surface area contributed by atoms with Gasteiger partial charge in [-0.1, -0.05) is 115 Å². The molecule has 5 heteroatoms. The van der Waals surface area contributed by atoms with Crippen molar-refractivity contribution in [1.82, 2.24) is 23.7 Å². The van der Waals surface area contributed by atoms with Gasteiger partial charge in [-0.05, 0) is 60.7 Å². The van der Waals surface area contributed by atoms with E-state index in [9.17, 15) is 0 Å². The lowest BCUT2D eigenvalue weighted by Gasteiger charge is -2.13. The summed E-state index contributed by atoms with van der Waals surface area (Å²) in [5.41, 5.74) is 12.0. The summed E-state index contributed by atoms with van der Waals surface area (Å²) in [6, 6.07) is 62.4. The van der Waals surface area contributed by atoms with E-state index < -0.39 is 0 Å². The van der Waals surface area contributed by atoms with Gasteiger partial charge in [0.25, 0.3) is 0 Å². The molecular weight excluding hydrogens is 623 g/mol. The minimum atomic E-state index is 0.811. The zero-order valence-electron chi connectivity index (χ0n) is 27.5. The van der Waals surface area contributed by atoms with E-state index in [1.807, 2.05) is 16.6 Å². The second kappa shape index (κ2) is 10.8. The fraction of sp³-hybridized carbons (Fsp3) is 0. The van der Waals surface area contributed by atoms with E-state index in [4.69, 9.17) is 10.1 Å². The highest BCUT2D eigenvalue weighted by Gasteiger charge is 2.21. The highest BCUT2D eigenvalue weighted by Crippen LogP contribution is 2.42. The van der Waals surface area contributed by atoms with Gasteiger partial charge in [-0.15, -0.1) is 0 Å². The van der Waals surface area contributed by atoms with E-state index in [-0.39, 0.29) is 0 Å². The number of benzene rings is 7. The molecule has 0 spiro atoms. The summed E-state index contributed by atoms with van der Waals surface area (Å²) in [6.07, 6.45) is 0. The van der Waals surface area contributed by atoms with Gasteiger partial charge in [-0.2, -0.15) is 5.10 Å². The zero-order chi connectivity index (χ0) is 33.5. The van der Waals surface area contributed by atoms with Gasteiger partial charge in [0.05, 0.1) is 38.8 Å². The van der Waals surface area contributed by atoms with Crippen molar-refractivity contribution in [3.63, 3.8) is 0 Å². The monoisotopic (exact) mass is 651 g/mol. The minimum absolute atomic E-state index is 0.811. The minimum Gasteiger partial charge on any atom is -0.307 e. The van der Waals surface area contributed by atoms with Crippen molar-refractivity contribution in [3.05, 3.63) is 176 Å². The molecule has 11 aromatic rings. The maximum atomic E-state index is 5.17. The SMILES string of the molecule is c1ccc(-c2cc3c4ccccc4nc(-c4ccc(-n5c6ccccc6c6ccc7c8ccccc8n(-c8ccccc8)c7c65)cc4)n3n2)cc1. The molecule has 4 aromatic heterocycles. The van der Waals surface area contributed by atoms with Crippen LogP contribution in [-0.2, 0) is 0 Å². The molecule has 0 N–H and O–H groups in total. The first kappa shape index (κ1) is 27.9. The van der Waals surface area contributed by atoms with Gasteiger partial charge in [0.15, 0.2) is 5.82 Å². The average Bonchev–Trinajstić information content (AvgIpc) is 3.90. The number of hydrogen-bond acceptors (Lipinski definition) is 2. The normalized spacial score (nSPS) is 11.9. The number of aromatic nitrogens is 5. The molecule has 51 heavy (non-hydrogen) atoms. The number of nitrogens with zero attached hydrogens (tertiary/aromatic N) is 5. The highest BCUT2D eigenvalue weighted by molar-refractivity contribution is 6.23. The molecule has 0 bridgehead atoms. The Bertz CT molecular complexity index is 3110. The lowest BCUT2D eigenvalue weighted by atomic mass is 10.1. The smallest absolute Gasteiger partial charge is 0.161 e. The molecule has 5 nitrogen and oxygen atoms in total. The van der Waals surface area contributed by atoms with E-state index >= 15 is 0 Å². The number of para-hydroxylation sites is 4. The number of hydrogen-bond donors (Lipinski definition) is 0. The molecule has 0 amide bonds. The van der Waals surface area contributed by atoms with Crippen LogP contribution in [0.15, 0.2) is 176 Å². The highest BCUT2D eigenvalue weighted by atomic mass is 15.3. The molecule has 0 saturated heterocycles. The van der Waals surface area contributed by atoms with Gasteiger partial charge in [0, 0.05) is 49.4 Å². The molecule has 0 aliphatic carbocycles. The molecule has 0 aliphatic rings. The molecule has 0 atom stereocenters. The molecule has 0 fully saturated rings. The Labute approximate surface area is 292 Å². The van der Waals surface area contributed by atoms with Crippen molar-refractivity contribution in [3.8, 4) is 34.0 Å². The Hall–Kier alpha value is -6.98. The summed E-state index contributed by atoms with van der Waals surface area (Å²) in [5.74, 6) is 0.811. The summed E-state index contributed by atoms with van der Waals surface area (Å²) in [4.78, 5) is 5.17. The molecule has 7 aromatic carbocycles. The Morgan fingerprint density at radius 1 is 0.373 bits per heavy atom. The van der Waals surface area contributed by atoms with Crippen molar-refractivity contribution in [2.24, 2.45) is 0 Å². The van der Waals surface area contributed by atoms with Crippen molar-refractivity contribution in [2.45, 2.75) is 0 Å². The maximum Gasteiger partial charge on any atom is 0.161 e. The van der Waals surface area contributed by atoms with Crippen LogP contribution in [0.25, 0.3) is 94.1 Å². The van der Waals surface area contributed by atoms with Crippen molar-refractivity contribution in [1.29, 1.82) is 0 Å². The van der Waals surface area contributed by atoms with Crippen LogP contribution in [0.1, 0.15) is 0 Å². The van der Waals surface area contributed by atoms with Gasteiger partial charge < -0.3 is 9.13 Å². The van der Waals surface area contributed by atoms with E-state index in [2.05, 4.69) is 173 Å². The summed E-state index contributed by atoms with van der Waals surface area (Å²) >= 11 is 0. The second-order valence-corrected chi connectivity index (χ2v) is 13.1. The van der Waals surface area contributed by atoms with Gasteiger partial charge in [-0.25, -0.2) is 9.50 Å². The zero-order valence-corrected chi connectivity index (χ0v) is 27.5. The first-order valence-corrected chi connectivity index (χ1v) is 17.3. The lowest BCUT2D eigenvalue weighted by molar-refractivity contribution is 0.949. The van der Waals surface area contributed by atoms with Crippen LogP contribution >= 0.6 is 0 Å². The van der Waals surface area contributed by atoms with Crippen LogP contribution < -0.4 is 0 Å². The quantitative estimate of drug-likeness (QED) is 0.190. The molecule has 11 rings (SSSR count). The predicted molar refractivity (Wildman–Crippen MR) is 210 cm³/mol. The first-order valence-electron chi connectivity index (χ1n) is 17.3. The predicted octanol–water partition coefficient (Wildman–Crippen LogP) is 11.4. The van der Waals surface area contributed by atoms with Gasteiger partial charge in [0.2, 0.25) is 0 Å². The molecule has 238 valence electrons. The standard InChI is InChI=1S/C46H29N5/c1-3-13-30(14-4-1)40-29-43-38-19-7-10-20-39(38)47-46(51(43)48-40)31-23-25-33(26-24-31)50-42-22-12-9-18-35(42)37-28-27-36-34-17-8-11-21-41(34)49(44(36)45(37)50)32-15-5-2-6-16-32/h1-29H. The molecule has 0 saturated carbocycles. The van der Waals surface area contributed by atoms with Crippen LogP contribution in [0.4, 0.5) is 0 Å². The van der Waals surface area contributed by atoms with E-state index in [0.29, 0.717) is 0 Å². The van der Waals surface area contributed by atoms with Crippen LogP contribution in [0.2, 0.25) is 0 Å². The fourth-order valence-corrected chi connectivity index (χ4v) is 7.99. The number of rotatable bonds is 4. The first-order chi connectivity index (χ1) is 25.3. The van der Waals surface area contributed by atoms with E-state index in [1.54, 1.807) is 0 Å². The molecule has 0 aliphatic heterocycles. The lowest BCUT2D eigenvalue weighted by Crippen LogP contribution is -2.01. The third-order valence-electron chi connectivity index (χ3n) is 10.3. The Balaban J connectivity index is 1.17. The second-order valence-electron chi connectivity index (χ2n) is 13.1. The Morgan fingerprint density at radius 2 is 0.902 bits per heavy atom. The fourth-order valence-electron chi connectivity index (χ4n) is 7.99. The van der Waals surface area contributed by atoms with E-state index in [1.165, 1.54) is 43.6 Å². The van der Waals surface area contributed by atoms with Crippen LogP contribution in [0.5, 0.6) is 0 Å². The summed E-state index contributed by atoms with van der Waals surface area (Å²) in [5, 5.41) is 11.1. The summed E-state index contributed by atoms with van der Waals surface area (Å²) < 4.78 is 6.86. The molecule has 0 unspecified atom stereocenters. The van der Waals surface area contributed by atoms with Crippen LogP contribution in [0.3, 0.4) is 0 Å². The van der Waals surface area contributed by atoms with Crippen molar-refractivity contribution < 1.29 is 0 Å². The van der Waals surface area contributed by atoms with Crippen LogP contribution in [-0.4, -0.2) is 23.7 Å². The third-order valence-corrected chi connectivity index (χ3v) is 10.3. The topological polar surface area (TPSA) is 40.0 Å². The summed E-state index contributed by atoms with van der Waals surface area (Å²) in [6.45, 7) is 0. The summed E-state index contributed by atoms with van der Waals surface area (Å²) in [7, 11) is 0. The molecule has 0 radical (unpaired) electrons. The molecular formula is C46H29N5. The third kappa shape index (κ3) is 4.09. The molecule has 4 heterocycles. The van der Waals surface area contributed by atoms with Gasteiger partial charge in [-0.3, -0.25) is 0 Å². The van der Waals surface area contributed by atoms with E-state index in [0.717, 1.165) is 50.4 Å². The average molecular weight is 652 g/mol. The maximum absolute atomic E-state index is 5.17. The van der Waals surface area contributed by atoms with Crippen LogP contribution in [0, 0.1) is 0 Å². The Kier molecular flexibility index (Phi) is 5.89. The Morgan fingerprint density at radius 3 is 1.55 bits per heavy atom. The van der Waals surface area contributed by atoms with Gasteiger partial charge >= 0.3 is 0 Å².